The molecule has 90 valence electrons. The summed E-state index contributed by atoms with van der Waals surface area (Å²) in [5, 5.41) is 3.15. The van der Waals surface area contributed by atoms with Crippen LogP contribution in [0.15, 0.2) is 17.6 Å². The van der Waals surface area contributed by atoms with E-state index < -0.39 is 0 Å². The lowest BCUT2D eigenvalue weighted by molar-refractivity contribution is 0.559. The Morgan fingerprint density at radius 2 is 2.41 bits per heavy atom. The van der Waals surface area contributed by atoms with Gasteiger partial charge in [0.2, 0.25) is 0 Å². The molecule has 1 aliphatic carbocycles. The van der Waals surface area contributed by atoms with Gasteiger partial charge in [0.05, 0.1) is 11.0 Å². The van der Waals surface area contributed by atoms with Crippen LogP contribution < -0.4 is 11.3 Å². The number of thiazole rings is 1. The maximum absolute atomic E-state index is 5.67. The van der Waals surface area contributed by atoms with E-state index in [4.69, 9.17) is 5.84 Å². The number of fused-ring (bicyclic) bond motifs is 1. The van der Waals surface area contributed by atoms with Crippen molar-refractivity contribution >= 4 is 22.7 Å². The van der Waals surface area contributed by atoms with Gasteiger partial charge in [-0.1, -0.05) is 0 Å². The average molecular weight is 265 g/mol. The van der Waals surface area contributed by atoms with E-state index in [0.717, 1.165) is 11.4 Å². The van der Waals surface area contributed by atoms with Crippen molar-refractivity contribution in [3.8, 4) is 0 Å². The van der Waals surface area contributed by atoms with E-state index in [9.17, 15) is 0 Å². The molecule has 0 aromatic carbocycles. The molecule has 0 saturated heterocycles. The Morgan fingerprint density at radius 3 is 3.12 bits per heavy atom. The summed E-state index contributed by atoms with van der Waals surface area (Å²) in [7, 11) is 0. The number of hydrazine groups is 1. The van der Waals surface area contributed by atoms with Gasteiger partial charge in [0.1, 0.15) is 0 Å². The van der Waals surface area contributed by atoms with Crippen molar-refractivity contribution in [3.63, 3.8) is 0 Å². The van der Waals surface area contributed by atoms with Crippen LogP contribution in [0.25, 0.3) is 0 Å². The number of thiophene rings is 1. The van der Waals surface area contributed by atoms with Crippen LogP contribution in [0.2, 0.25) is 0 Å². The largest absolute Gasteiger partial charge is 0.271 e. The van der Waals surface area contributed by atoms with Crippen LogP contribution in [0.3, 0.4) is 0 Å². The first-order valence-electron chi connectivity index (χ1n) is 5.83. The van der Waals surface area contributed by atoms with E-state index in [1.807, 2.05) is 22.9 Å². The van der Waals surface area contributed by atoms with Crippen molar-refractivity contribution in [1.82, 2.24) is 10.4 Å². The molecular weight excluding hydrogens is 250 g/mol. The average Bonchev–Trinajstić information content (AvgIpc) is 3.01. The van der Waals surface area contributed by atoms with Gasteiger partial charge in [0, 0.05) is 27.8 Å². The van der Waals surface area contributed by atoms with Crippen molar-refractivity contribution in [3.05, 3.63) is 38.0 Å². The Kier molecular flexibility index (Phi) is 3.24. The van der Waals surface area contributed by atoms with Gasteiger partial charge in [-0.15, -0.1) is 22.7 Å². The summed E-state index contributed by atoms with van der Waals surface area (Å²) in [5.74, 6) is 5.67. The van der Waals surface area contributed by atoms with Crippen molar-refractivity contribution in [2.24, 2.45) is 5.84 Å². The Hall–Kier alpha value is -0.750. The normalized spacial score (nSPS) is 16.1. The topological polar surface area (TPSA) is 50.9 Å². The smallest absolute Gasteiger partial charge is 0.0944 e. The third-order valence-corrected chi connectivity index (χ3v) is 5.33. The van der Waals surface area contributed by atoms with E-state index in [0.29, 0.717) is 0 Å². The highest BCUT2D eigenvalue weighted by Gasteiger charge is 2.20. The molecule has 5 heteroatoms. The van der Waals surface area contributed by atoms with Crippen LogP contribution in [0.5, 0.6) is 0 Å². The second-order valence-corrected chi connectivity index (χ2v) is 6.45. The number of hydrogen-bond acceptors (Lipinski definition) is 5. The van der Waals surface area contributed by atoms with Crippen molar-refractivity contribution in [2.45, 2.75) is 31.7 Å². The summed E-state index contributed by atoms with van der Waals surface area (Å²) in [6.07, 6.45) is 6.53. The monoisotopic (exact) mass is 265 g/mol. The molecule has 2 heterocycles. The standard InChI is InChI=1S/C12H15N3S2/c13-15-9(7-12-14-4-5-16-12)11-6-8-2-1-3-10(8)17-11/h4-6,9,15H,1-3,7,13H2. The van der Waals surface area contributed by atoms with Crippen molar-refractivity contribution < 1.29 is 0 Å². The van der Waals surface area contributed by atoms with Gasteiger partial charge in [-0.2, -0.15) is 0 Å². The molecule has 0 radical (unpaired) electrons. The van der Waals surface area contributed by atoms with Gasteiger partial charge in [-0.3, -0.25) is 11.3 Å². The highest BCUT2D eigenvalue weighted by Crippen LogP contribution is 2.34. The number of nitrogens with two attached hydrogens (primary N) is 1. The molecule has 3 N–H and O–H groups in total. The van der Waals surface area contributed by atoms with Crippen LogP contribution >= 0.6 is 22.7 Å². The first-order chi connectivity index (χ1) is 8.36. The molecule has 0 saturated carbocycles. The molecule has 1 unspecified atom stereocenters. The Labute approximate surface area is 109 Å². The first kappa shape index (κ1) is 11.3. The zero-order valence-electron chi connectivity index (χ0n) is 9.48. The van der Waals surface area contributed by atoms with Crippen LogP contribution in [-0.4, -0.2) is 4.98 Å². The lowest BCUT2D eigenvalue weighted by Crippen LogP contribution is -2.28. The third-order valence-electron chi connectivity index (χ3n) is 3.17. The lowest BCUT2D eigenvalue weighted by atomic mass is 10.1. The number of nitrogens with one attached hydrogen (secondary N) is 1. The highest BCUT2D eigenvalue weighted by molar-refractivity contribution is 7.12. The molecule has 0 amide bonds. The van der Waals surface area contributed by atoms with E-state index >= 15 is 0 Å². The van der Waals surface area contributed by atoms with Gasteiger partial charge < -0.3 is 0 Å². The van der Waals surface area contributed by atoms with Crippen LogP contribution in [0, 0.1) is 0 Å². The van der Waals surface area contributed by atoms with Gasteiger partial charge in [0.15, 0.2) is 0 Å². The summed E-state index contributed by atoms with van der Waals surface area (Å²) in [5.41, 5.74) is 4.45. The third kappa shape index (κ3) is 2.28. The van der Waals surface area contributed by atoms with Crippen LogP contribution in [0.1, 0.15) is 32.8 Å². The summed E-state index contributed by atoms with van der Waals surface area (Å²) in [4.78, 5) is 7.23. The van der Waals surface area contributed by atoms with Gasteiger partial charge in [0.25, 0.3) is 0 Å². The fourth-order valence-corrected chi connectivity index (χ4v) is 4.28. The molecule has 3 rings (SSSR count). The fraction of sp³-hybridized carbons (Fsp3) is 0.417. The highest BCUT2D eigenvalue weighted by atomic mass is 32.1. The summed E-state index contributed by atoms with van der Waals surface area (Å²) >= 11 is 3.60. The van der Waals surface area contributed by atoms with E-state index in [-0.39, 0.29) is 6.04 Å². The predicted octanol–water partition coefficient (Wildman–Crippen LogP) is 2.44. The molecule has 17 heavy (non-hydrogen) atoms. The molecule has 2 aromatic heterocycles. The maximum Gasteiger partial charge on any atom is 0.0944 e. The Bertz CT molecular complexity index is 468. The molecule has 2 aromatic rings. The molecule has 1 aliphatic rings. The molecule has 0 aliphatic heterocycles. The quantitative estimate of drug-likeness (QED) is 0.659. The lowest BCUT2D eigenvalue weighted by Gasteiger charge is -2.12. The predicted molar refractivity (Wildman–Crippen MR) is 72.2 cm³/mol. The summed E-state index contributed by atoms with van der Waals surface area (Å²) in [6, 6.07) is 2.53. The molecule has 0 spiro atoms. The number of aryl methyl sites for hydroxylation is 2. The van der Waals surface area contributed by atoms with Crippen molar-refractivity contribution in [1.29, 1.82) is 0 Å². The first-order valence-corrected chi connectivity index (χ1v) is 7.52. The second kappa shape index (κ2) is 4.86. The molecule has 3 nitrogen and oxygen atoms in total. The minimum absolute atomic E-state index is 0.205. The number of rotatable bonds is 4. The van der Waals surface area contributed by atoms with Crippen LogP contribution in [0.4, 0.5) is 0 Å². The fourth-order valence-electron chi connectivity index (χ4n) is 2.29. The minimum Gasteiger partial charge on any atom is -0.271 e. The Balaban J connectivity index is 1.80. The molecule has 1 atom stereocenters. The Morgan fingerprint density at radius 1 is 1.47 bits per heavy atom. The zero-order valence-corrected chi connectivity index (χ0v) is 11.1. The zero-order chi connectivity index (χ0) is 11.7. The second-order valence-electron chi connectivity index (χ2n) is 4.30. The van der Waals surface area contributed by atoms with Gasteiger partial charge in [-0.05, 0) is 30.9 Å². The summed E-state index contributed by atoms with van der Waals surface area (Å²) in [6.45, 7) is 0. The minimum atomic E-state index is 0.205. The van der Waals surface area contributed by atoms with E-state index in [2.05, 4.69) is 16.5 Å². The van der Waals surface area contributed by atoms with Gasteiger partial charge >= 0.3 is 0 Å². The molecular formula is C12H15N3S2. The van der Waals surface area contributed by atoms with E-state index in [1.165, 1.54) is 29.7 Å². The van der Waals surface area contributed by atoms with Crippen LogP contribution in [-0.2, 0) is 19.3 Å². The number of aromatic nitrogens is 1. The molecule has 0 fully saturated rings. The van der Waals surface area contributed by atoms with E-state index in [1.54, 1.807) is 16.2 Å². The van der Waals surface area contributed by atoms with Crippen molar-refractivity contribution in [2.75, 3.05) is 0 Å². The van der Waals surface area contributed by atoms with Gasteiger partial charge in [-0.25, -0.2) is 4.98 Å². The maximum atomic E-state index is 5.67. The summed E-state index contributed by atoms with van der Waals surface area (Å²) < 4.78 is 0. The SMILES string of the molecule is NNC(Cc1nccs1)c1cc2c(s1)CCC2. The number of nitrogens with zero attached hydrogens (tertiary/aromatic N) is 1. The molecule has 0 bridgehead atoms. The number of hydrogen-bond donors (Lipinski definition) is 2.